The molecule has 0 spiro atoms. The molecule has 178 valence electrons. The highest BCUT2D eigenvalue weighted by atomic mass is 16.5. The Bertz CT molecular complexity index is 1160. The molecule has 0 amide bonds. The van der Waals surface area contributed by atoms with Crippen molar-refractivity contribution in [2.75, 3.05) is 14.2 Å². The minimum Gasteiger partial charge on any atom is -0.493 e. The highest BCUT2D eigenvalue weighted by Gasteiger charge is 2.46. The van der Waals surface area contributed by atoms with E-state index in [0.717, 1.165) is 16.8 Å². The van der Waals surface area contributed by atoms with Gasteiger partial charge in [0, 0.05) is 29.3 Å². The number of benzene rings is 2. The molecule has 2 aromatic carbocycles. The summed E-state index contributed by atoms with van der Waals surface area (Å²) in [4.78, 5) is 30.9. The van der Waals surface area contributed by atoms with Crippen molar-refractivity contribution in [2.45, 2.75) is 46.1 Å². The first-order valence-corrected chi connectivity index (χ1v) is 11.5. The van der Waals surface area contributed by atoms with Crippen molar-refractivity contribution < 1.29 is 23.8 Å². The van der Waals surface area contributed by atoms with Crippen molar-refractivity contribution in [3.8, 4) is 11.5 Å². The summed E-state index contributed by atoms with van der Waals surface area (Å²) in [5.74, 6) is -0.391. The SMILES string of the molecule is COC(=O)C1C(C)=NC2=C(C(=O)CC(C)(C)C2)[C@H]1c1ccc(OCc2ccccc2)c(OC)c1. The Morgan fingerprint density at radius 2 is 1.79 bits per heavy atom. The maximum absolute atomic E-state index is 13.3. The number of nitrogens with zero attached hydrogens (tertiary/aromatic N) is 1. The first-order valence-electron chi connectivity index (χ1n) is 11.5. The Labute approximate surface area is 200 Å². The second-order valence-electron chi connectivity index (χ2n) is 9.72. The van der Waals surface area contributed by atoms with Gasteiger partial charge in [0.05, 0.1) is 14.2 Å². The monoisotopic (exact) mass is 461 g/mol. The molecule has 0 fully saturated rings. The molecule has 4 rings (SSSR count). The van der Waals surface area contributed by atoms with E-state index in [9.17, 15) is 9.59 Å². The Morgan fingerprint density at radius 3 is 2.47 bits per heavy atom. The third kappa shape index (κ3) is 4.63. The molecule has 2 atom stereocenters. The lowest BCUT2D eigenvalue weighted by atomic mass is 9.67. The summed E-state index contributed by atoms with van der Waals surface area (Å²) in [6.45, 7) is 6.38. The lowest BCUT2D eigenvalue weighted by molar-refractivity contribution is -0.143. The summed E-state index contributed by atoms with van der Waals surface area (Å²) in [5, 5.41) is 0. The predicted octanol–water partition coefficient (Wildman–Crippen LogP) is 5.26. The van der Waals surface area contributed by atoms with E-state index in [1.165, 1.54) is 7.11 Å². The van der Waals surface area contributed by atoms with Crippen molar-refractivity contribution in [2.24, 2.45) is 16.3 Å². The number of carbonyl (C=O) groups excluding carboxylic acids is 2. The fraction of sp³-hybridized carbons (Fsp3) is 0.393. The molecular formula is C28H31NO5. The third-order valence-corrected chi connectivity index (χ3v) is 6.54. The lowest BCUT2D eigenvalue weighted by Gasteiger charge is -2.39. The van der Waals surface area contributed by atoms with Crippen LogP contribution >= 0.6 is 0 Å². The molecule has 1 aliphatic carbocycles. The van der Waals surface area contributed by atoms with Gasteiger partial charge in [0.2, 0.25) is 0 Å². The van der Waals surface area contributed by atoms with Crippen LogP contribution in [0.4, 0.5) is 0 Å². The van der Waals surface area contributed by atoms with Crippen LogP contribution in [0, 0.1) is 11.3 Å². The van der Waals surface area contributed by atoms with Gasteiger partial charge in [-0.1, -0.05) is 50.2 Å². The van der Waals surface area contributed by atoms with Crippen molar-refractivity contribution in [1.82, 2.24) is 0 Å². The molecule has 34 heavy (non-hydrogen) atoms. The number of ketones is 1. The van der Waals surface area contributed by atoms with Crippen LogP contribution in [0.2, 0.25) is 0 Å². The highest BCUT2D eigenvalue weighted by molar-refractivity contribution is 6.09. The number of hydrogen-bond acceptors (Lipinski definition) is 6. The molecule has 0 saturated heterocycles. The van der Waals surface area contributed by atoms with Crippen LogP contribution in [0.15, 0.2) is 64.8 Å². The quantitative estimate of drug-likeness (QED) is 0.548. The first-order chi connectivity index (χ1) is 16.2. The molecule has 2 aliphatic rings. The van der Waals surface area contributed by atoms with Crippen LogP contribution in [0.25, 0.3) is 0 Å². The standard InChI is InChI=1S/C28H31NO5/c1-17-24(27(31)33-5)25(26-20(29-17)14-28(2,3)15-21(26)30)19-11-12-22(23(13-19)32-4)34-16-18-9-7-6-8-10-18/h6-13,24-25H,14-16H2,1-5H3/t24?,25-/m0/s1. The van der Waals surface area contributed by atoms with E-state index >= 15 is 0 Å². The van der Waals surface area contributed by atoms with Gasteiger partial charge in [0.25, 0.3) is 0 Å². The lowest BCUT2D eigenvalue weighted by Crippen LogP contribution is -2.39. The number of hydrogen-bond donors (Lipinski definition) is 0. The van der Waals surface area contributed by atoms with E-state index in [0.29, 0.717) is 42.2 Å². The Kier molecular flexibility index (Phi) is 6.60. The molecule has 0 radical (unpaired) electrons. The minimum atomic E-state index is -0.672. The van der Waals surface area contributed by atoms with Crippen molar-refractivity contribution in [3.63, 3.8) is 0 Å². The number of rotatable bonds is 6. The number of allylic oxidation sites excluding steroid dienone is 2. The Hall–Kier alpha value is -3.41. The van der Waals surface area contributed by atoms with Crippen LogP contribution in [0.3, 0.4) is 0 Å². The summed E-state index contributed by atoms with van der Waals surface area (Å²) in [5.41, 5.74) is 3.71. The van der Waals surface area contributed by atoms with E-state index < -0.39 is 17.8 Å². The summed E-state index contributed by atoms with van der Waals surface area (Å²) < 4.78 is 16.8. The fourth-order valence-corrected chi connectivity index (χ4v) is 4.97. The van der Waals surface area contributed by atoms with Crippen LogP contribution in [0.5, 0.6) is 11.5 Å². The average Bonchev–Trinajstić information content (AvgIpc) is 2.81. The maximum Gasteiger partial charge on any atom is 0.315 e. The van der Waals surface area contributed by atoms with E-state index in [1.807, 2.05) is 55.5 Å². The smallest absolute Gasteiger partial charge is 0.315 e. The van der Waals surface area contributed by atoms with Crippen LogP contribution in [-0.2, 0) is 20.9 Å². The number of methoxy groups -OCH3 is 2. The van der Waals surface area contributed by atoms with Gasteiger partial charge in [-0.2, -0.15) is 0 Å². The fourth-order valence-electron chi connectivity index (χ4n) is 4.97. The molecule has 1 heterocycles. The molecule has 0 aromatic heterocycles. The van der Waals surface area contributed by atoms with E-state index in [2.05, 4.69) is 13.8 Å². The molecule has 2 aromatic rings. The number of aliphatic imine (C=N–C) groups is 1. The maximum atomic E-state index is 13.3. The van der Waals surface area contributed by atoms with Gasteiger partial charge in [0.15, 0.2) is 17.3 Å². The second-order valence-corrected chi connectivity index (χ2v) is 9.72. The Balaban J connectivity index is 1.74. The zero-order valence-corrected chi connectivity index (χ0v) is 20.4. The highest BCUT2D eigenvalue weighted by Crippen LogP contribution is 2.48. The number of Topliss-reactive ketones (excluding diaryl/α,β-unsaturated/α-hetero) is 1. The largest absolute Gasteiger partial charge is 0.493 e. The summed E-state index contributed by atoms with van der Waals surface area (Å²) in [7, 11) is 2.95. The molecule has 0 N–H and O–H groups in total. The van der Waals surface area contributed by atoms with Crippen molar-refractivity contribution in [1.29, 1.82) is 0 Å². The van der Waals surface area contributed by atoms with E-state index in [4.69, 9.17) is 19.2 Å². The van der Waals surface area contributed by atoms with Crippen LogP contribution in [-0.4, -0.2) is 31.7 Å². The van der Waals surface area contributed by atoms with Gasteiger partial charge >= 0.3 is 5.97 Å². The summed E-state index contributed by atoms with van der Waals surface area (Å²) >= 11 is 0. The first kappa shape index (κ1) is 23.7. The number of carbonyl (C=O) groups is 2. The summed E-state index contributed by atoms with van der Waals surface area (Å²) in [6, 6.07) is 15.5. The molecule has 6 heteroatoms. The molecular weight excluding hydrogens is 430 g/mol. The number of ether oxygens (including phenoxy) is 3. The second kappa shape index (κ2) is 9.45. The van der Waals surface area contributed by atoms with Gasteiger partial charge in [-0.3, -0.25) is 14.6 Å². The minimum absolute atomic E-state index is 0.0322. The molecule has 0 saturated carbocycles. The van der Waals surface area contributed by atoms with Gasteiger partial charge in [0.1, 0.15) is 12.5 Å². The van der Waals surface area contributed by atoms with Gasteiger partial charge in [-0.05, 0) is 42.0 Å². The van der Waals surface area contributed by atoms with E-state index in [1.54, 1.807) is 7.11 Å². The van der Waals surface area contributed by atoms with Gasteiger partial charge in [-0.15, -0.1) is 0 Å². The molecule has 6 nitrogen and oxygen atoms in total. The summed E-state index contributed by atoms with van der Waals surface area (Å²) in [6.07, 6.45) is 1.10. The number of esters is 1. The average molecular weight is 462 g/mol. The van der Waals surface area contributed by atoms with Gasteiger partial charge < -0.3 is 14.2 Å². The zero-order chi connectivity index (χ0) is 24.5. The Morgan fingerprint density at radius 1 is 1.06 bits per heavy atom. The van der Waals surface area contributed by atoms with Crippen LogP contribution in [0.1, 0.15) is 50.7 Å². The topological polar surface area (TPSA) is 74.2 Å². The van der Waals surface area contributed by atoms with Gasteiger partial charge in [-0.25, -0.2) is 0 Å². The van der Waals surface area contributed by atoms with Crippen molar-refractivity contribution >= 4 is 17.5 Å². The molecule has 0 bridgehead atoms. The normalized spacial score (nSPS) is 21.4. The molecule has 1 unspecified atom stereocenters. The predicted molar refractivity (Wildman–Crippen MR) is 130 cm³/mol. The molecule has 1 aliphatic heterocycles. The third-order valence-electron chi connectivity index (χ3n) is 6.54. The zero-order valence-electron chi connectivity index (χ0n) is 20.4. The van der Waals surface area contributed by atoms with E-state index in [-0.39, 0.29) is 11.2 Å². The van der Waals surface area contributed by atoms with Crippen LogP contribution < -0.4 is 9.47 Å². The van der Waals surface area contributed by atoms with Crippen molar-refractivity contribution in [3.05, 3.63) is 70.9 Å².